The van der Waals surface area contributed by atoms with Crippen molar-refractivity contribution in [1.82, 2.24) is 4.90 Å². The van der Waals surface area contributed by atoms with Crippen LogP contribution in [-0.4, -0.2) is 45.8 Å². The summed E-state index contributed by atoms with van der Waals surface area (Å²) in [5.41, 5.74) is -0.484. The number of aliphatic hydroxyl groups is 1. The second-order valence-electron chi connectivity index (χ2n) is 11.4. The highest BCUT2D eigenvalue weighted by atomic mass is 19.1. The summed E-state index contributed by atoms with van der Waals surface area (Å²) in [6.07, 6.45) is 6.01. The number of carboxylic acid groups (broad SMARTS) is 1. The highest BCUT2D eigenvalue weighted by Gasteiger charge is 2.51. The lowest BCUT2D eigenvalue weighted by atomic mass is 9.85. The molecule has 3 aromatic rings. The Morgan fingerprint density at radius 3 is 2.00 bits per heavy atom. The molecule has 2 saturated carbocycles. The van der Waals surface area contributed by atoms with Gasteiger partial charge in [0.2, 0.25) is 0 Å². The fourth-order valence-corrected chi connectivity index (χ4v) is 6.12. The minimum absolute atomic E-state index is 0.226. The monoisotopic (exact) mass is 560 g/mol. The van der Waals surface area contributed by atoms with E-state index in [-0.39, 0.29) is 17.8 Å². The predicted octanol–water partition coefficient (Wildman–Crippen LogP) is 6.69. The number of aliphatic carboxylic acids is 1. The van der Waals surface area contributed by atoms with Crippen molar-refractivity contribution in [1.29, 1.82) is 0 Å². The van der Waals surface area contributed by atoms with E-state index < -0.39 is 17.0 Å². The zero-order chi connectivity index (χ0) is 28.6. The normalized spacial score (nSPS) is 21.5. The molecule has 3 aromatic carbocycles. The Labute approximate surface area is 237 Å². The number of carboxylic acids is 1. The summed E-state index contributed by atoms with van der Waals surface area (Å²) in [5.74, 6) is 0.678. The number of nitrogens with zero attached hydrogens (tertiary/aromatic N) is 1. The third-order valence-electron chi connectivity index (χ3n) is 8.66. The van der Waals surface area contributed by atoms with Gasteiger partial charge in [-0.1, -0.05) is 25.0 Å². The predicted molar refractivity (Wildman–Crippen MR) is 150 cm³/mol. The zero-order valence-corrected chi connectivity index (χ0v) is 22.6. The molecule has 8 nitrogen and oxygen atoms in total. The van der Waals surface area contributed by atoms with Crippen LogP contribution in [0.4, 0.5) is 14.9 Å². The van der Waals surface area contributed by atoms with Crippen LogP contribution in [0, 0.1) is 11.7 Å². The van der Waals surface area contributed by atoms with Crippen LogP contribution in [0.2, 0.25) is 0 Å². The molecular formula is C32H33FN2O6. The molecule has 0 bridgehead atoms. The maximum absolute atomic E-state index is 13.4. The minimum atomic E-state index is -0.846. The van der Waals surface area contributed by atoms with Gasteiger partial charge in [0.15, 0.2) is 0 Å². The highest BCUT2D eigenvalue weighted by molar-refractivity contribution is 5.90. The van der Waals surface area contributed by atoms with Crippen LogP contribution in [0.25, 0.3) is 0 Å². The minimum Gasteiger partial charge on any atom is -0.481 e. The molecule has 0 spiro atoms. The zero-order valence-electron chi connectivity index (χ0n) is 22.6. The molecule has 1 atom stereocenters. The lowest BCUT2D eigenvalue weighted by Crippen LogP contribution is -2.42. The van der Waals surface area contributed by atoms with Crippen LogP contribution in [0.3, 0.4) is 0 Å². The van der Waals surface area contributed by atoms with Gasteiger partial charge in [0.05, 0.1) is 17.6 Å². The molecule has 214 valence electrons. The molecule has 1 saturated heterocycles. The van der Waals surface area contributed by atoms with E-state index in [4.69, 9.17) is 9.47 Å². The molecule has 41 heavy (non-hydrogen) atoms. The van der Waals surface area contributed by atoms with Crippen molar-refractivity contribution >= 4 is 17.7 Å². The van der Waals surface area contributed by atoms with Crippen molar-refractivity contribution in [2.45, 2.75) is 56.0 Å². The molecule has 6 rings (SSSR count). The van der Waals surface area contributed by atoms with E-state index in [1.165, 1.54) is 24.3 Å². The quantitative estimate of drug-likeness (QED) is 0.283. The number of carbonyl (C=O) groups excluding carboxylic acids is 1. The lowest BCUT2D eigenvalue weighted by molar-refractivity contribution is -0.140. The largest absolute Gasteiger partial charge is 0.481 e. The number of ether oxygens (including phenoxy) is 2. The Morgan fingerprint density at radius 2 is 1.44 bits per heavy atom. The van der Waals surface area contributed by atoms with Gasteiger partial charge in [0.1, 0.15) is 28.8 Å². The second kappa shape index (κ2) is 10.7. The van der Waals surface area contributed by atoms with E-state index in [1.54, 1.807) is 47.4 Å². The molecule has 2 aliphatic carbocycles. The first-order chi connectivity index (χ1) is 19.7. The summed E-state index contributed by atoms with van der Waals surface area (Å²) in [4.78, 5) is 26.5. The van der Waals surface area contributed by atoms with Gasteiger partial charge in [0, 0.05) is 30.4 Å². The molecule has 1 unspecified atom stereocenters. The Balaban J connectivity index is 1.21. The average Bonchev–Trinajstić information content (AvgIpc) is 3.37. The fraction of sp³-hybridized carbons (Fsp3) is 0.375. The number of rotatable bonds is 8. The lowest BCUT2D eigenvalue weighted by Gasteiger charge is -2.29. The van der Waals surface area contributed by atoms with Crippen molar-refractivity contribution in [3.8, 4) is 23.0 Å². The summed E-state index contributed by atoms with van der Waals surface area (Å²) in [5, 5.41) is 23.7. The van der Waals surface area contributed by atoms with Gasteiger partial charge in [-0.15, -0.1) is 0 Å². The van der Waals surface area contributed by atoms with Crippen molar-refractivity contribution < 1.29 is 33.7 Å². The summed E-state index contributed by atoms with van der Waals surface area (Å²) in [6.45, 7) is 0.765. The Kier molecular flexibility index (Phi) is 7.07. The fourth-order valence-electron chi connectivity index (χ4n) is 6.12. The number of hydrogen-bond acceptors (Lipinski definition) is 5. The van der Waals surface area contributed by atoms with Gasteiger partial charge < -0.3 is 29.9 Å². The molecule has 9 heteroatoms. The van der Waals surface area contributed by atoms with E-state index >= 15 is 0 Å². The van der Waals surface area contributed by atoms with Crippen molar-refractivity contribution in [2.75, 3.05) is 18.4 Å². The molecule has 3 N–H and O–H groups in total. The van der Waals surface area contributed by atoms with Crippen LogP contribution in [0.5, 0.6) is 23.0 Å². The number of urea groups is 1. The first-order valence-electron chi connectivity index (χ1n) is 14.1. The first kappa shape index (κ1) is 27.1. The Morgan fingerprint density at radius 1 is 0.854 bits per heavy atom. The highest BCUT2D eigenvalue weighted by Crippen LogP contribution is 2.49. The van der Waals surface area contributed by atoms with E-state index in [0.717, 1.165) is 31.2 Å². The van der Waals surface area contributed by atoms with Gasteiger partial charge in [-0.05, 0) is 80.0 Å². The number of nitrogens with one attached hydrogen (secondary N) is 1. The Hall–Kier alpha value is -4.11. The average molecular weight is 561 g/mol. The van der Waals surface area contributed by atoms with Gasteiger partial charge in [-0.3, -0.25) is 4.79 Å². The van der Waals surface area contributed by atoms with Gasteiger partial charge in [-0.25, -0.2) is 9.18 Å². The first-order valence-corrected chi connectivity index (χ1v) is 14.1. The number of likely N-dealkylation sites (tertiary alicyclic amines) is 1. The summed E-state index contributed by atoms with van der Waals surface area (Å²) in [7, 11) is 0. The smallest absolute Gasteiger partial charge is 0.321 e. The van der Waals surface area contributed by atoms with Crippen molar-refractivity contribution in [3.63, 3.8) is 0 Å². The number of halogens is 1. The van der Waals surface area contributed by atoms with Gasteiger partial charge in [0.25, 0.3) is 0 Å². The number of anilines is 1. The van der Waals surface area contributed by atoms with Gasteiger partial charge in [-0.2, -0.15) is 0 Å². The SMILES string of the molecule is O=C(Nc1cc(Oc2ccc(F)cc2)cc(Oc2ccc(C3(C(=O)O)CC3)cc2)c1)N1CCC(O)(C2CCCC2)C1. The van der Waals surface area contributed by atoms with E-state index in [9.17, 15) is 24.2 Å². The molecule has 0 aromatic heterocycles. The number of hydrogen-bond donors (Lipinski definition) is 3. The van der Waals surface area contributed by atoms with Crippen LogP contribution in [-0.2, 0) is 10.2 Å². The topological polar surface area (TPSA) is 108 Å². The summed E-state index contributed by atoms with van der Waals surface area (Å²) >= 11 is 0. The van der Waals surface area contributed by atoms with E-state index in [2.05, 4.69) is 5.32 Å². The standard InChI is InChI=1S/C32H33FN2O6/c33-23-7-11-26(12-8-23)41-28-18-24(34-30(38)35-16-15-32(39,20-35)22-3-1-2-4-22)17-27(19-28)40-25-9-5-21(6-10-25)31(13-14-31)29(36)37/h5-12,17-19,22,39H,1-4,13-16,20H2,(H,34,38)(H,36,37). The summed E-state index contributed by atoms with van der Waals surface area (Å²) in [6, 6.07) is 17.2. The van der Waals surface area contributed by atoms with Crippen LogP contribution in [0.1, 0.15) is 50.5 Å². The molecule has 0 radical (unpaired) electrons. The number of amides is 2. The van der Waals surface area contributed by atoms with Gasteiger partial charge >= 0.3 is 12.0 Å². The Bertz CT molecular complexity index is 1430. The summed E-state index contributed by atoms with van der Waals surface area (Å²) < 4.78 is 25.4. The van der Waals surface area contributed by atoms with E-state index in [1.807, 2.05) is 0 Å². The van der Waals surface area contributed by atoms with Crippen LogP contribution in [0.15, 0.2) is 66.7 Å². The maximum Gasteiger partial charge on any atom is 0.321 e. The maximum atomic E-state index is 13.4. The molecule has 1 heterocycles. The van der Waals surface area contributed by atoms with E-state index in [0.29, 0.717) is 61.0 Å². The van der Waals surface area contributed by atoms with Crippen molar-refractivity contribution in [2.24, 2.45) is 5.92 Å². The molecular weight excluding hydrogens is 527 g/mol. The third kappa shape index (κ3) is 5.72. The molecule has 3 fully saturated rings. The van der Waals surface area contributed by atoms with Crippen LogP contribution < -0.4 is 14.8 Å². The van der Waals surface area contributed by atoms with Crippen LogP contribution >= 0.6 is 0 Å². The second-order valence-corrected chi connectivity index (χ2v) is 11.4. The molecule has 3 aliphatic rings. The van der Waals surface area contributed by atoms with Crippen molar-refractivity contribution in [3.05, 3.63) is 78.1 Å². The number of carbonyl (C=O) groups is 2. The number of benzene rings is 3. The molecule has 2 amide bonds. The third-order valence-corrected chi connectivity index (χ3v) is 8.66. The number of β-amino-alcohol motifs (C(OH)–C–C–N with tert-alkyl or cyclic N) is 1. The molecule has 1 aliphatic heterocycles.